The minimum atomic E-state index is -0.753. The lowest BCUT2D eigenvalue weighted by Crippen LogP contribution is -2.47. The molecule has 1 atom stereocenters. The van der Waals surface area contributed by atoms with E-state index >= 15 is 0 Å². The molecule has 6 nitrogen and oxygen atoms in total. The van der Waals surface area contributed by atoms with Crippen molar-refractivity contribution in [2.75, 3.05) is 6.61 Å². The maximum absolute atomic E-state index is 12.1. The Bertz CT molecular complexity index is 787. The minimum absolute atomic E-state index is 0.413. The predicted octanol–water partition coefficient (Wildman–Crippen LogP) is 3.32. The second-order valence-electron chi connectivity index (χ2n) is 6.32. The largest absolute Gasteiger partial charge is 0.494 e. The van der Waals surface area contributed by atoms with E-state index in [0.717, 1.165) is 17.5 Å². The van der Waals surface area contributed by atoms with Crippen molar-refractivity contribution in [2.45, 2.75) is 40.2 Å². The van der Waals surface area contributed by atoms with E-state index in [0.29, 0.717) is 23.7 Å². The van der Waals surface area contributed by atoms with Crippen LogP contribution in [0.2, 0.25) is 0 Å². The van der Waals surface area contributed by atoms with Crippen LogP contribution in [0.15, 0.2) is 42.5 Å². The van der Waals surface area contributed by atoms with Gasteiger partial charge in [0.25, 0.3) is 11.8 Å². The lowest BCUT2D eigenvalue weighted by molar-refractivity contribution is -0.128. The summed E-state index contributed by atoms with van der Waals surface area (Å²) in [6.45, 7) is 8.25. The fourth-order valence-corrected chi connectivity index (χ4v) is 2.26. The van der Waals surface area contributed by atoms with E-state index in [1.165, 1.54) is 0 Å². The van der Waals surface area contributed by atoms with Crippen LogP contribution in [0.4, 0.5) is 0 Å². The Kier molecular flexibility index (Phi) is 7.23. The fourth-order valence-electron chi connectivity index (χ4n) is 2.26. The Balaban J connectivity index is 1.84. The number of hydrogen-bond acceptors (Lipinski definition) is 4. The van der Waals surface area contributed by atoms with Crippen molar-refractivity contribution >= 4 is 11.8 Å². The molecule has 2 aromatic carbocycles. The fraction of sp³-hybridized carbons (Fsp3) is 0.333. The molecule has 0 bridgehead atoms. The first-order valence-electron chi connectivity index (χ1n) is 8.97. The van der Waals surface area contributed by atoms with Crippen molar-refractivity contribution in [1.29, 1.82) is 0 Å². The number of benzene rings is 2. The third kappa shape index (κ3) is 6.02. The van der Waals surface area contributed by atoms with E-state index in [4.69, 9.17) is 9.47 Å². The normalized spacial score (nSPS) is 11.4. The topological polar surface area (TPSA) is 76.7 Å². The van der Waals surface area contributed by atoms with Gasteiger partial charge in [-0.15, -0.1) is 0 Å². The standard InChI is InChI=1S/C21H26N2O4/c1-5-12-26-18-10-7-17(8-11-18)21(25)23-22-20(24)16(4)27-19-9-6-14(2)15(3)13-19/h6-11,13,16H,5,12H2,1-4H3,(H,22,24)(H,23,25). The van der Waals surface area contributed by atoms with Gasteiger partial charge in [-0.2, -0.15) is 0 Å². The van der Waals surface area contributed by atoms with Crippen molar-refractivity contribution in [1.82, 2.24) is 10.9 Å². The van der Waals surface area contributed by atoms with E-state index in [2.05, 4.69) is 10.9 Å². The van der Waals surface area contributed by atoms with Crippen molar-refractivity contribution in [2.24, 2.45) is 0 Å². The molecule has 27 heavy (non-hydrogen) atoms. The molecule has 2 N–H and O–H groups in total. The first kappa shape index (κ1) is 20.3. The minimum Gasteiger partial charge on any atom is -0.494 e. The second-order valence-corrected chi connectivity index (χ2v) is 6.32. The summed E-state index contributed by atoms with van der Waals surface area (Å²) >= 11 is 0. The van der Waals surface area contributed by atoms with Gasteiger partial charge in [-0.25, -0.2) is 0 Å². The van der Waals surface area contributed by atoms with Gasteiger partial charge in [0.2, 0.25) is 0 Å². The first-order valence-corrected chi connectivity index (χ1v) is 8.97. The Morgan fingerprint density at radius 3 is 2.26 bits per heavy atom. The number of amides is 2. The van der Waals surface area contributed by atoms with E-state index in [1.807, 2.05) is 39.0 Å². The van der Waals surface area contributed by atoms with E-state index in [1.54, 1.807) is 31.2 Å². The Morgan fingerprint density at radius 1 is 0.963 bits per heavy atom. The molecule has 0 aliphatic rings. The molecule has 2 amide bonds. The summed E-state index contributed by atoms with van der Waals surface area (Å²) in [5.41, 5.74) is 7.42. The highest BCUT2D eigenvalue weighted by Gasteiger charge is 2.16. The summed E-state index contributed by atoms with van der Waals surface area (Å²) in [4.78, 5) is 24.3. The van der Waals surface area contributed by atoms with Crippen molar-refractivity contribution < 1.29 is 19.1 Å². The van der Waals surface area contributed by atoms with Crippen molar-refractivity contribution in [3.8, 4) is 11.5 Å². The number of rotatable bonds is 7. The second kappa shape index (κ2) is 9.62. The van der Waals surface area contributed by atoms with Gasteiger partial charge in [0.1, 0.15) is 11.5 Å². The van der Waals surface area contributed by atoms with Gasteiger partial charge in [0.05, 0.1) is 6.61 Å². The van der Waals surface area contributed by atoms with Gasteiger partial charge in [0, 0.05) is 5.56 Å². The molecule has 144 valence electrons. The smallest absolute Gasteiger partial charge is 0.279 e. The number of hydrazine groups is 1. The number of carbonyl (C=O) groups excluding carboxylic acids is 2. The molecular weight excluding hydrogens is 344 g/mol. The highest BCUT2D eigenvalue weighted by atomic mass is 16.5. The molecule has 2 rings (SSSR count). The van der Waals surface area contributed by atoms with Gasteiger partial charge < -0.3 is 9.47 Å². The summed E-state index contributed by atoms with van der Waals surface area (Å²) in [5.74, 6) is 0.454. The summed E-state index contributed by atoms with van der Waals surface area (Å²) in [6, 6.07) is 12.3. The number of hydrogen-bond donors (Lipinski definition) is 2. The zero-order chi connectivity index (χ0) is 19.8. The van der Waals surface area contributed by atoms with Crippen molar-refractivity contribution in [3.63, 3.8) is 0 Å². The quantitative estimate of drug-likeness (QED) is 0.733. The Labute approximate surface area is 159 Å². The van der Waals surface area contributed by atoms with Crippen LogP contribution in [-0.2, 0) is 4.79 Å². The summed E-state index contributed by atoms with van der Waals surface area (Å²) < 4.78 is 11.1. The third-order valence-electron chi connectivity index (χ3n) is 4.05. The molecular formula is C21H26N2O4. The molecule has 0 aliphatic carbocycles. The third-order valence-corrected chi connectivity index (χ3v) is 4.05. The molecule has 2 aromatic rings. The van der Waals surface area contributed by atoms with Crippen LogP contribution in [0.1, 0.15) is 41.8 Å². The molecule has 0 aliphatic heterocycles. The molecule has 6 heteroatoms. The van der Waals surface area contributed by atoms with Gasteiger partial charge in [-0.05, 0) is 74.7 Å². The molecule has 0 spiro atoms. The van der Waals surface area contributed by atoms with Gasteiger partial charge in [-0.3, -0.25) is 20.4 Å². The monoisotopic (exact) mass is 370 g/mol. The van der Waals surface area contributed by atoms with E-state index in [9.17, 15) is 9.59 Å². The van der Waals surface area contributed by atoms with Gasteiger partial charge in [0.15, 0.2) is 6.10 Å². The number of ether oxygens (including phenoxy) is 2. The van der Waals surface area contributed by atoms with Crippen LogP contribution in [0.3, 0.4) is 0 Å². The molecule has 0 radical (unpaired) electrons. The molecule has 0 saturated carbocycles. The number of carbonyl (C=O) groups is 2. The Morgan fingerprint density at radius 2 is 1.63 bits per heavy atom. The molecule has 0 saturated heterocycles. The maximum Gasteiger partial charge on any atom is 0.279 e. The zero-order valence-electron chi connectivity index (χ0n) is 16.2. The Hall–Kier alpha value is -3.02. The van der Waals surface area contributed by atoms with Crippen LogP contribution in [0.25, 0.3) is 0 Å². The van der Waals surface area contributed by atoms with E-state index in [-0.39, 0.29) is 0 Å². The van der Waals surface area contributed by atoms with Crippen LogP contribution in [-0.4, -0.2) is 24.5 Å². The maximum atomic E-state index is 12.1. The van der Waals surface area contributed by atoms with Crippen molar-refractivity contribution in [3.05, 3.63) is 59.2 Å². The highest BCUT2D eigenvalue weighted by molar-refractivity contribution is 5.95. The number of aryl methyl sites for hydroxylation is 2. The highest BCUT2D eigenvalue weighted by Crippen LogP contribution is 2.17. The van der Waals surface area contributed by atoms with Crippen LogP contribution in [0.5, 0.6) is 11.5 Å². The molecule has 0 aromatic heterocycles. The van der Waals surface area contributed by atoms with Crippen LogP contribution >= 0.6 is 0 Å². The molecule has 0 heterocycles. The van der Waals surface area contributed by atoms with Crippen LogP contribution < -0.4 is 20.3 Å². The predicted molar refractivity (Wildman–Crippen MR) is 104 cm³/mol. The number of nitrogens with one attached hydrogen (secondary N) is 2. The molecule has 1 unspecified atom stereocenters. The average Bonchev–Trinajstić information content (AvgIpc) is 2.67. The summed E-state index contributed by atoms with van der Waals surface area (Å²) in [6.07, 6.45) is 0.161. The van der Waals surface area contributed by atoms with Gasteiger partial charge >= 0.3 is 0 Å². The van der Waals surface area contributed by atoms with Gasteiger partial charge in [-0.1, -0.05) is 13.0 Å². The summed E-state index contributed by atoms with van der Waals surface area (Å²) in [7, 11) is 0. The SMILES string of the molecule is CCCOc1ccc(C(=O)NNC(=O)C(C)Oc2ccc(C)c(C)c2)cc1. The lowest BCUT2D eigenvalue weighted by Gasteiger charge is -2.16. The zero-order valence-corrected chi connectivity index (χ0v) is 16.2. The van der Waals surface area contributed by atoms with E-state index < -0.39 is 17.9 Å². The molecule has 0 fully saturated rings. The lowest BCUT2D eigenvalue weighted by atomic mass is 10.1. The summed E-state index contributed by atoms with van der Waals surface area (Å²) in [5, 5.41) is 0. The van der Waals surface area contributed by atoms with Crippen LogP contribution in [0, 0.1) is 13.8 Å². The average molecular weight is 370 g/mol. The first-order chi connectivity index (χ1) is 12.9.